The van der Waals surface area contributed by atoms with Crippen LogP contribution in [0, 0.1) is 11.8 Å². The van der Waals surface area contributed by atoms with E-state index in [-0.39, 0.29) is 0 Å². The molecule has 0 fully saturated rings. The van der Waals surface area contributed by atoms with Crippen LogP contribution in [-0.2, 0) is 0 Å². The summed E-state index contributed by atoms with van der Waals surface area (Å²) in [6.45, 7) is 11.6. The molecule has 0 saturated carbocycles. The molecule has 0 aliphatic heterocycles. The van der Waals surface area contributed by atoms with E-state index < -0.39 is 14.1 Å². The van der Waals surface area contributed by atoms with Crippen molar-refractivity contribution < 1.29 is 0 Å². The standard InChI is InChI=1S/C6H11.2C4H9.Al/c1-3-5-6-4-2;2*1-4(2)3;/h4,6H,1,3,5H2,2H3;2*4H,1H2,2-3H3;/b6-4+;;;. The van der Waals surface area contributed by atoms with E-state index >= 15 is 0 Å². The van der Waals surface area contributed by atoms with Crippen LogP contribution in [0.1, 0.15) is 47.5 Å². The summed E-state index contributed by atoms with van der Waals surface area (Å²) < 4.78 is 0. The summed E-state index contributed by atoms with van der Waals surface area (Å²) in [5, 5.41) is 4.66. The summed E-state index contributed by atoms with van der Waals surface area (Å²) in [5.74, 6) is 1.84. The van der Waals surface area contributed by atoms with Gasteiger partial charge in [-0.1, -0.05) is 74.0 Å². The predicted octanol–water partition coefficient (Wildman–Crippen LogP) is 5.15. The molecule has 0 aromatic rings. The second-order valence-electron chi connectivity index (χ2n) is 5.63. The van der Waals surface area contributed by atoms with Gasteiger partial charge in [0.15, 0.2) is 0 Å². The Balaban J connectivity index is 3.79. The molecule has 0 unspecified atom stereocenters. The average Bonchev–Trinajstić information content (AvgIpc) is 2.10. The highest BCUT2D eigenvalue weighted by Gasteiger charge is 2.18. The molecule has 88 valence electrons. The Morgan fingerprint density at radius 3 is 1.93 bits per heavy atom. The lowest BCUT2D eigenvalue weighted by Crippen LogP contribution is -2.17. The molecule has 0 rings (SSSR count). The van der Waals surface area contributed by atoms with Crippen LogP contribution in [0.2, 0.25) is 15.8 Å². The lowest BCUT2D eigenvalue weighted by atomic mass is 10.3. The minimum atomic E-state index is -0.426. The molecule has 1 heteroatoms. The molecule has 0 heterocycles. The minimum Gasteiger partial charge on any atom is -0.0936 e. The summed E-state index contributed by atoms with van der Waals surface area (Å²) in [4.78, 5) is 0. The van der Waals surface area contributed by atoms with Gasteiger partial charge in [0.1, 0.15) is 0 Å². The number of unbranched alkanes of at least 4 members (excludes halogenated alkanes) is 1. The van der Waals surface area contributed by atoms with Gasteiger partial charge in [-0.25, -0.2) is 0 Å². The van der Waals surface area contributed by atoms with Crippen LogP contribution in [0.5, 0.6) is 0 Å². The van der Waals surface area contributed by atoms with Crippen LogP contribution < -0.4 is 0 Å². The van der Waals surface area contributed by atoms with Crippen LogP contribution in [0.3, 0.4) is 0 Å². The predicted molar refractivity (Wildman–Crippen MR) is 73.9 cm³/mol. The molecule has 0 aliphatic rings. The summed E-state index contributed by atoms with van der Waals surface area (Å²) >= 11 is -0.426. The summed E-state index contributed by atoms with van der Waals surface area (Å²) in [6.07, 6.45) is 7.23. The maximum absolute atomic E-state index is 2.38. The molecular weight excluding hydrogens is 195 g/mol. The van der Waals surface area contributed by atoms with Gasteiger partial charge >= 0.3 is 0 Å². The first-order valence-electron chi connectivity index (χ1n) is 6.67. The fraction of sp³-hybridized carbons (Fsp3) is 0.857. The first kappa shape index (κ1) is 15.3. The minimum absolute atomic E-state index is 0.426. The van der Waals surface area contributed by atoms with E-state index in [2.05, 4.69) is 46.8 Å². The Morgan fingerprint density at radius 2 is 1.53 bits per heavy atom. The average molecular weight is 224 g/mol. The third-order valence-electron chi connectivity index (χ3n) is 2.83. The van der Waals surface area contributed by atoms with Gasteiger partial charge in [-0.15, -0.1) is 0 Å². The largest absolute Gasteiger partial charge is 0.262 e. The Hall–Kier alpha value is 0.272. The Kier molecular flexibility index (Phi) is 9.67. The zero-order chi connectivity index (χ0) is 11.7. The molecule has 0 N–H and O–H groups in total. The fourth-order valence-electron chi connectivity index (χ4n) is 2.36. The van der Waals surface area contributed by atoms with Crippen molar-refractivity contribution in [3.63, 3.8) is 0 Å². The van der Waals surface area contributed by atoms with Crippen molar-refractivity contribution in [3.8, 4) is 0 Å². The quantitative estimate of drug-likeness (QED) is 0.304. The van der Waals surface area contributed by atoms with E-state index in [1.165, 1.54) is 12.8 Å². The lowest BCUT2D eigenvalue weighted by Gasteiger charge is -2.15. The molecule has 0 spiro atoms. The maximum Gasteiger partial charge on any atom is 0.262 e. The van der Waals surface area contributed by atoms with Gasteiger partial charge < -0.3 is 0 Å². The van der Waals surface area contributed by atoms with Crippen LogP contribution in [-0.4, -0.2) is 14.1 Å². The fourth-order valence-corrected chi connectivity index (χ4v) is 6.50. The van der Waals surface area contributed by atoms with Gasteiger partial charge in [-0.05, 0) is 13.3 Å². The van der Waals surface area contributed by atoms with Gasteiger partial charge in [0.05, 0.1) is 0 Å². The number of hydrogen-bond acceptors (Lipinski definition) is 0. The monoisotopic (exact) mass is 224 g/mol. The molecular formula is C14H29Al. The molecule has 0 saturated heterocycles. The number of rotatable bonds is 8. The topological polar surface area (TPSA) is 0 Å². The van der Waals surface area contributed by atoms with Crippen molar-refractivity contribution in [2.45, 2.75) is 63.3 Å². The molecule has 0 aromatic heterocycles. The Bertz CT molecular complexity index is 149. The van der Waals surface area contributed by atoms with Crippen molar-refractivity contribution in [2.24, 2.45) is 11.8 Å². The van der Waals surface area contributed by atoms with Gasteiger partial charge in [0, 0.05) is 0 Å². The smallest absolute Gasteiger partial charge is 0.0936 e. The third kappa shape index (κ3) is 10.6. The second-order valence-corrected chi connectivity index (χ2v) is 8.88. The van der Waals surface area contributed by atoms with Crippen molar-refractivity contribution in [2.75, 3.05) is 0 Å². The van der Waals surface area contributed by atoms with E-state index in [9.17, 15) is 0 Å². The lowest BCUT2D eigenvalue weighted by molar-refractivity contribution is 0.683. The van der Waals surface area contributed by atoms with Crippen LogP contribution >= 0.6 is 0 Å². The van der Waals surface area contributed by atoms with Gasteiger partial charge in [0.25, 0.3) is 14.1 Å². The molecule has 0 radical (unpaired) electrons. The van der Waals surface area contributed by atoms with E-state index in [1.807, 2.05) is 0 Å². The highest BCUT2D eigenvalue weighted by Crippen LogP contribution is 2.19. The Morgan fingerprint density at radius 1 is 1.00 bits per heavy atom. The van der Waals surface area contributed by atoms with Crippen LogP contribution in [0.15, 0.2) is 12.2 Å². The van der Waals surface area contributed by atoms with Crippen molar-refractivity contribution in [1.82, 2.24) is 0 Å². The zero-order valence-electron chi connectivity index (χ0n) is 11.4. The third-order valence-corrected chi connectivity index (χ3v) is 7.27. The SMILES string of the molecule is C/C=C/CC[CH2][Al]([CH2]C(C)C)[CH2]C(C)C. The summed E-state index contributed by atoms with van der Waals surface area (Å²) in [5.41, 5.74) is 0. The van der Waals surface area contributed by atoms with Crippen molar-refractivity contribution >= 4 is 14.1 Å². The highest BCUT2D eigenvalue weighted by atomic mass is 27.2. The summed E-state index contributed by atoms with van der Waals surface area (Å²) in [6, 6.07) is 0. The number of allylic oxidation sites excluding steroid dienone is 2. The van der Waals surface area contributed by atoms with Gasteiger partial charge in [-0.3, -0.25) is 0 Å². The van der Waals surface area contributed by atoms with Crippen molar-refractivity contribution in [3.05, 3.63) is 12.2 Å². The molecule has 0 nitrogen and oxygen atoms in total. The molecule has 0 bridgehead atoms. The first-order valence-corrected chi connectivity index (χ1v) is 9.12. The van der Waals surface area contributed by atoms with Crippen molar-refractivity contribution in [1.29, 1.82) is 0 Å². The maximum atomic E-state index is 2.38. The molecule has 15 heavy (non-hydrogen) atoms. The van der Waals surface area contributed by atoms with Crippen LogP contribution in [0.4, 0.5) is 0 Å². The van der Waals surface area contributed by atoms with E-state index in [1.54, 1.807) is 15.8 Å². The second kappa shape index (κ2) is 9.50. The zero-order valence-corrected chi connectivity index (χ0v) is 12.6. The first-order chi connectivity index (χ1) is 7.06. The van der Waals surface area contributed by atoms with E-state index in [0.717, 1.165) is 11.8 Å². The Labute approximate surface area is 102 Å². The normalized spacial score (nSPS) is 11.9. The van der Waals surface area contributed by atoms with Crippen LogP contribution in [0.25, 0.3) is 0 Å². The van der Waals surface area contributed by atoms with Gasteiger partial charge in [0.2, 0.25) is 0 Å². The van der Waals surface area contributed by atoms with Gasteiger partial charge in [-0.2, -0.15) is 0 Å². The molecule has 0 amide bonds. The molecule has 0 aromatic carbocycles. The van der Waals surface area contributed by atoms with E-state index in [0.29, 0.717) is 0 Å². The van der Waals surface area contributed by atoms with E-state index in [4.69, 9.17) is 0 Å². The highest BCUT2D eigenvalue weighted by molar-refractivity contribution is 6.58. The molecule has 0 atom stereocenters. The molecule has 0 aliphatic carbocycles. The number of hydrogen-bond donors (Lipinski definition) is 0. The summed E-state index contributed by atoms with van der Waals surface area (Å²) in [7, 11) is 0.